The number of thioether (sulfide) groups is 1. The van der Waals surface area contributed by atoms with Crippen LogP contribution in [0.3, 0.4) is 0 Å². The van der Waals surface area contributed by atoms with Crippen molar-refractivity contribution in [1.29, 1.82) is 0 Å². The molecule has 4 nitrogen and oxygen atoms in total. The molecule has 6 heteroatoms. The zero-order valence-corrected chi connectivity index (χ0v) is 15.4. The Balaban J connectivity index is 1.63. The molecule has 1 fully saturated rings. The Kier molecular flexibility index (Phi) is 5.78. The highest BCUT2D eigenvalue weighted by Crippen LogP contribution is 2.22. The number of benzene rings is 1. The minimum atomic E-state index is 0.224. The van der Waals surface area contributed by atoms with E-state index in [1.807, 2.05) is 39.9 Å². The highest BCUT2D eigenvalue weighted by Gasteiger charge is 2.16. The van der Waals surface area contributed by atoms with Gasteiger partial charge in [0.2, 0.25) is 5.91 Å². The lowest BCUT2D eigenvalue weighted by Crippen LogP contribution is -2.33. The third-order valence-electron chi connectivity index (χ3n) is 4.00. The fourth-order valence-electron chi connectivity index (χ4n) is 2.73. The molecule has 2 heterocycles. The molecule has 1 amide bonds. The van der Waals surface area contributed by atoms with Gasteiger partial charge in [-0.1, -0.05) is 40.5 Å². The zero-order chi connectivity index (χ0) is 16.1. The topological polar surface area (TPSA) is 38.1 Å². The molecule has 1 aliphatic rings. The summed E-state index contributed by atoms with van der Waals surface area (Å²) >= 11 is 4.96. The molecule has 122 valence electrons. The minimum absolute atomic E-state index is 0.224. The van der Waals surface area contributed by atoms with Crippen molar-refractivity contribution in [3.05, 3.63) is 41.1 Å². The summed E-state index contributed by atoms with van der Waals surface area (Å²) in [6.45, 7) is 1.81. The standard InChI is InChI=1S/C17H20BrN3OS/c18-14-5-7-15(8-6-14)21-12-9-19-17(21)23-13-16(22)20-10-3-1-2-4-11-20/h5-9,12H,1-4,10-11,13H2. The Morgan fingerprint density at radius 1 is 1.13 bits per heavy atom. The Hall–Kier alpha value is -1.27. The molecule has 0 saturated carbocycles. The normalized spacial score (nSPS) is 15.4. The molecule has 0 spiro atoms. The number of amides is 1. The molecule has 0 N–H and O–H groups in total. The van der Waals surface area contributed by atoms with Gasteiger partial charge in [0.25, 0.3) is 0 Å². The first kappa shape index (κ1) is 16.6. The largest absolute Gasteiger partial charge is 0.342 e. The summed E-state index contributed by atoms with van der Waals surface area (Å²) in [5.74, 6) is 0.676. The van der Waals surface area contributed by atoms with E-state index < -0.39 is 0 Å². The monoisotopic (exact) mass is 393 g/mol. The number of halogens is 1. The summed E-state index contributed by atoms with van der Waals surface area (Å²) in [5.41, 5.74) is 1.05. The van der Waals surface area contributed by atoms with E-state index in [0.717, 1.165) is 41.2 Å². The van der Waals surface area contributed by atoms with Gasteiger partial charge >= 0.3 is 0 Å². The molecule has 1 aromatic heterocycles. The van der Waals surface area contributed by atoms with Crippen LogP contribution in [0.5, 0.6) is 0 Å². The van der Waals surface area contributed by atoms with Gasteiger partial charge in [0.15, 0.2) is 5.16 Å². The Labute approximate surface area is 149 Å². The molecule has 0 radical (unpaired) electrons. The molecule has 3 rings (SSSR count). The summed E-state index contributed by atoms with van der Waals surface area (Å²) < 4.78 is 3.07. The molecular formula is C17H20BrN3OS. The van der Waals surface area contributed by atoms with Crippen LogP contribution < -0.4 is 0 Å². The molecule has 1 saturated heterocycles. The van der Waals surface area contributed by atoms with Crippen LogP contribution in [0.1, 0.15) is 25.7 Å². The highest BCUT2D eigenvalue weighted by atomic mass is 79.9. The molecular weight excluding hydrogens is 374 g/mol. The summed E-state index contributed by atoms with van der Waals surface area (Å²) in [7, 11) is 0. The van der Waals surface area contributed by atoms with E-state index in [-0.39, 0.29) is 5.91 Å². The lowest BCUT2D eigenvalue weighted by molar-refractivity contribution is -0.128. The number of rotatable bonds is 4. The van der Waals surface area contributed by atoms with Crippen molar-refractivity contribution >= 4 is 33.6 Å². The first-order chi connectivity index (χ1) is 11.2. The number of hydrogen-bond donors (Lipinski definition) is 0. The maximum Gasteiger partial charge on any atom is 0.233 e. The van der Waals surface area contributed by atoms with Crippen molar-refractivity contribution in [3.63, 3.8) is 0 Å². The lowest BCUT2D eigenvalue weighted by Gasteiger charge is -2.19. The summed E-state index contributed by atoms with van der Waals surface area (Å²) in [6, 6.07) is 8.08. The number of carbonyl (C=O) groups excluding carboxylic acids is 1. The molecule has 0 atom stereocenters. The molecule has 23 heavy (non-hydrogen) atoms. The number of hydrogen-bond acceptors (Lipinski definition) is 3. The van der Waals surface area contributed by atoms with Crippen molar-refractivity contribution in [1.82, 2.24) is 14.5 Å². The molecule has 0 aliphatic carbocycles. The average Bonchev–Trinajstić information content (AvgIpc) is 2.86. The van der Waals surface area contributed by atoms with Crippen LogP contribution in [0, 0.1) is 0 Å². The van der Waals surface area contributed by atoms with Crippen LogP contribution in [0.25, 0.3) is 5.69 Å². The fraction of sp³-hybridized carbons (Fsp3) is 0.412. The van der Waals surface area contributed by atoms with Crippen LogP contribution in [-0.2, 0) is 4.79 Å². The lowest BCUT2D eigenvalue weighted by atomic mass is 10.2. The molecule has 1 aromatic carbocycles. The maximum atomic E-state index is 12.4. The number of carbonyl (C=O) groups is 1. The van der Waals surface area contributed by atoms with E-state index in [9.17, 15) is 4.79 Å². The third kappa shape index (κ3) is 4.38. The van der Waals surface area contributed by atoms with E-state index in [4.69, 9.17) is 0 Å². The van der Waals surface area contributed by atoms with Gasteiger partial charge in [-0.25, -0.2) is 4.98 Å². The molecule has 0 unspecified atom stereocenters. The van der Waals surface area contributed by atoms with Gasteiger partial charge in [-0.3, -0.25) is 9.36 Å². The van der Waals surface area contributed by atoms with E-state index >= 15 is 0 Å². The van der Waals surface area contributed by atoms with Crippen LogP contribution in [0.4, 0.5) is 0 Å². The second-order valence-corrected chi connectivity index (χ2v) is 7.50. The molecule has 2 aromatic rings. The second kappa shape index (κ2) is 8.02. The SMILES string of the molecule is O=C(CSc1nccn1-c1ccc(Br)cc1)N1CCCCCC1. The Morgan fingerprint density at radius 2 is 1.83 bits per heavy atom. The predicted octanol–water partition coefficient (Wildman–Crippen LogP) is 4.13. The van der Waals surface area contributed by atoms with Crippen molar-refractivity contribution in [3.8, 4) is 5.69 Å². The third-order valence-corrected chi connectivity index (χ3v) is 5.48. The van der Waals surface area contributed by atoms with Gasteiger partial charge in [-0.2, -0.15) is 0 Å². The molecule has 1 aliphatic heterocycles. The number of imidazole rings is 1. The van der Waals surface area contributed by atoms with Gasteiger partial charge in [0.1, 0.15) is 0 Å². The summed E-state index contributed by atoms with van der Waals surface area (Å²) in [6.07, 6.45) is 8.45. The Bertz CT molecular complexity index is 648. The number of likely N-dealkylation sites (tertiary alicyclic amines) is 1. The highest BCUT2D eigenvalue weighted by molar-refractivity contribution is 9.10. The van der Waals surface area contributed by atoms with Gasteiger partial charge in [-0.15, -0.1) is 0 Å². The van der Waals surface area contributed by atoms with Crippen molar-refractivity contribution in [2.24, 2.45) is 0 Å². The fourth-order valence-corrected chi connectivity index (χ4v) is 3.87. The first-order valence-corrected chi connectivity index (χ1v) is 9.72. The van der Waals surface area contributed by atoms with Crippen LogP contribution >= 0.6 is 27.7 Å². The quantitative estimate of drug-likeness (QED) is 0.732. The van der Waals surface area contributed by atoms with E-state index in [1.165, 1.54) is 24.6 Å². The van der Waals surface area contributed by atoms with E-state index in [1.54, 1.807) is 6.20 Å². The van der Waals surface area contributed by atoms with E-state index in [0.29, 0.717) is 5.75 Å². The summed E-state index contributed by atoms with van der Waals surface area (Å²) in [4.78, 5) is 18.8. The first-order valence-electron chi connectivity index (χ1n) is 7.94. The summed E-state index contributed by atoms with van der Waals surface area (Å²) in [5, 5.41) is 0.857. The second-order valence-electron chi connectivity index (χ2n) is 5.64. The Morgan fingerprint density at radius 3 is 2.52 bits per heavy atom. The smallest absolute Gasteiger partial charge is 0.233 e. The molecule has 0 bridgehead atoms. The number of nitrogens with zero attached hydrogens (tertiary/aromatic N) is 3. The minimum Gasteiger partial charge on any atom is -0.342 e. The van der Waals surface area contributed by atoms with Crippen molar-refractivity contribution < 1.29 is 4.79 Å². The van der Waals surface area contributed by atoms with Gasteiger partial charge < -0.3 is 4.90 Å². The van der Waals surface area contributed by atoms with E-state index in [2.05, 4.69) is 20.9 Å². The predicted molar refractivity (Wildman–Crippen MR) is 97.0 cm³/mol. The maximum absolute atomic E-state index is 12.4. The van der Waals surface area contributed by atoms with Crippen LogP contribution in [-0.4, -0.2) is 39.2 Å². The van der Waals surface area contributed by atoms with Gasteiger partial charge in [0, 0.05) is 35.6 Å². The van der Waals surface area contributed by atoms with Crippen molar-refractivity contribution in [2.75, 3.05) is 18.8 Å². The van der Waals surface area contributed by atoms with Gasteiger partial charge in [0.05, 0.1) is 5.75 Å². The number of aromatic nitrogens is 2. The zero-order valence-electron chi connectivity index (χ0n) is 12.9. The van der Waals surface area contributed by atoms with Crippen LogP contribution in [0.2, 0.25) is 0 Å². The van der Waals surface area contributed by atoms with Crippen LogP contribution in [0.15, 0.2) is 46.3 Å². The van der Waals surface area contributed by atoms with Gasteiger partial charge in [-0.05, 0) is 37.1 Å². The average molecular weight is 394 g/mol. The van der Waals surface area contributed by atoms with Crippen molar-refractivity contribution in [2.45, 2.75) is 30.8 Å².